The number of benzene rings is 2. The number of rotatable bonds is 4. The Bertz CT molecular complexity index is 1190. The average Bonchev–Trinajstić information content (AvgIpc) is 2.66. The number of halogens is 4. The van der Waals surface area contributed by atoms with Gasteiger partial charge < -0.3 is 11.5 Å². The van der Waals surface area contributed by atoms with Crippen molar-refractivity contribution < 1.29 is 22.4 Å². The number of para-hydroxylation sites is 1. The summed E-state index contributed by atoms with van der Waals surface area (Å²) in [6, 6.07) is 10.5. The second-order valence-corrected chi connectivity index (χ2v) is 6.73. The van der Waals surface area contributed by atoms with Crippen molar-refractivity contribution in [3.8, 4) is 5.69 Å². The Kier molecular flexibility index (Phi) is 5.39. The largest absolute Gasteiger partial charge is 0.416 e. The molecule has 9 heteroatoms. The number of carbonyl (C=O) groups is 1. The minimum atomic E-state index is -4.65. The number of nitrogens with two attached hydrogens (primary N) is 2. The molecule has 2 aromatic carbocycles. The predicted molar refractivity (Wildman–Crippen MR) is 104 cm³/mol. The number of nitrogen functional groups attached to an aromatic ring is 1. The number of alkyl halides is 3. The highest BCUT2D eigenvalue weighted by Crippen LogP contribution is 2.35. The fraction of sp³-hybridized carbons (Fsp3) is 0.143. The molecule has 3 rings (SSSR count). The van der Waals surface area contributed by atoms with Crippen LogP contribution in [0.15, 0.2) is 59.4 Å². The van der Waals surface area contributed by atoms with E-state index in [4.69, 9.17) is 11.5 Å². The fourth-order valence-corrected chi connectivity index (χ4v) is 3.32. The molecule has 4 N–H and O–H groups in total. The molecule has 30 heavy (non-hydrogen) atoms. The zero-order valence-corrected chi connectivity index (χ0v) is 15.7. The number of hydrogen-bond acceptors (Lipinski definition) is 3. The van der Waals surface area contributed by atoms with Crippen LogP contribution >= 0.6 is 0 Å². The third-order valence-corrected chi connectivity index (χ3v) is 4.70. The van der Waals surface area contributed by atoms with Crippen molar-refractivity contribution >= 4 is 11.6 Å². The Morgan fingerprint density at radius 1 is 1.07 bits per heavy atom. The molecule has 0 bridgehead atoms. The summed E-state index contributed by atoms with van der Waals surface area (Å²) in [5, 5.41) is 0. The molecule has 0 saturated carbocycles. The topological polar surface area (TPSA) is 91.1 Å². The number of nitrogens with zero attached hydrogens (tertiary/aromatic N) is 1. The van der Waals surface area contributed by atoms with E-state index in [-0.39, 0.29) is 28.2 Å². The first-order valence-electron chi connectivity index (χ1n) is 8.79. The second kappa shape index (κ2) is 7.66. The van der Waals surface area contributed by atoms with Gasteiger partial charge in [-0.15, -0.1) is 0 Å². The van der Waals surface area contributed by atoms with Crippen LogP contribution in [0.1, 0.15) is 40.0 Å². The Balaban J connectivity index is 2.34. The molecule has 0 spiro atoms. The summed E-state index contributed by atoms with van der Waals surface area (Å²) in [4.78, 5) is 24.7. The van der Waals surface area contributed by atoms with Gasteiger partial charge in [-0.2, -0.15) is 13.2 Å². The quantitative estimate of drug-likeness (QED) is 0.497. The maximum absolute atomic E-state index is 14.5. The second-order valence-electron chi connectivity index (χ2n) is 6.73. The summed E-state index contributed by atoms with van der Waals surface area (Å²) in [7, 11) is 0. The first-order valence-corrected chi connectivity index (χ1v) is 8.79. The molecule has 0 radical (unpaired) electrons. The van der Waals surface area contributed by atoms with Crippen molar-refractivity contribution in [3.63, 3.8) is 0 Å². The van der Waals surface area contributed by atoms with Crippen molar-refractivity contribution in [3.05, 3.63) is 93.2 Å². The first kappa shape index (κ1) is 21.1. The average molecular weight is 419 g/mol. The summed E-state index contributed by atoms with van der Waals surface area (Å²) in [5.41, 5.74) is 9.04. The number of primary amides is 1. The highest BCUT2D eigenvalue weighted by molar-refractivity contribution is 5.94. The monoisotopic (exact) mass is 419 g/mol. The Hall–Kier alpha value is -3.62. The summed E-state index contributed by atoms with van der Waals surface area (Å²) in [6.45, 7) is 1.48. The van der Waals surface area contributed by atoms with Crippen LogP contribution in [0.3, 0.4) is 0 Å². The SMILES string of the molecule is CC(c1cc(N)cc(C(F)(F)F)c1)c1c(C(N)=O)ccc(=O)n1-c1ccccc1F. The molecule has 0 fully saturated rings. The highest BCUT2D eigenvalue weighted by atomic mass is 19.4. The molecule has 156 valence electrons. The number of aromatic nitrogens is 1. The van der Waals surface area contributed by atoms with Gasteiger partial charge in [0.25, 0.3) is 11.5 Å². The lowest BCUT2D eigenvalue weighted by Gasteiger charge is -2.23. The van der Waals surface area contributed by atoms with Gasteiger partial charge >= 0.3 is 6.18 Å². The van der Waals surface area contributed by atoms with Crippen LogP contribution in [-0.2, 0) is 6.18 Å². The van der Waals surface area contributed by atoms with E-state index in [0.29, 0.717) is 0 Å². The minimum absolute atomic E-state index is 0.0428. The number of anilines is 1. The molecule has 0 saturated heterocycles. The lowest BCUT2D eigenvalue weighted by Crippen LogP contribution is -2.28. The molecular weight excluding hydrogens is 402 g/mol. The van der Waals surface area contributed by atoms with E-state index in [0.717, 1.165) is 28.8 Å². The van der Waals surface area contributed by atoms with Crippen LogP contribution in [-0.4, -0.2) is 10.5 Å². The van der Waals surface area contributed by atoms with E-state index >= 15 is 0 Å². The van der Waals surface area contributed by atoms with Gasteiger partial charge in [0.15, 0.2) is 0 Å². The predicted octanol–water partition coefficient (Wildman–Crippen LogP) is 3.83. The fourth-order valence-electron chi connectivity index (χ4n) is 3.32. The van der Waals surface area contributed by atoms with Crippen LogP contribution in [0.25, 0.3) is 5.69 Å². The molecule has 0 aliphatic rings. The van der Waals surface area contributed by atoms with E-state index in [1.165, 1.54) is 37.3 Å². The number of hydrogen-bond donors (Lipinski definition) is 2. The third-order valence-electron chi connectivity index (χ3n) is 4.70. The lowest BCUT2D eigenvalue weighted by atomic mass is 9.91. The van der Waals surface area contributed by atoms with E-state index in [1.54, 1.807) is 0 Å². The maximum atomic E-state index is 14.5. The van der Waals surface area contributed by atoms with Crippen LogP contribution in [0.5, 0.6) is 0 Å². The molecule has 1 amide bonds. The van der Waals surface area contributed by atoms with E-state index in [9.17, 15) is 27.2 Å². The minimum Gasteiger partial charge on any atom is -0.399 e. The lowest BCUT2D eigenvalue weighted by molar-refractivity contribution is -0.137. The summed E-state index contributed by atoms with van der Waals surface area (Å²) in [5.74, 6) is -2.62. The van der Waals surface area contributed by atoms with Crippen LogP contribution in [0.2, 0.25) is 0 Å². The molecule has 1 unspecified atom stereocenters. The van der Waals surface area contributed by atoms with Crippen molar-refractivity contribution in [2.24, 2.45) is 5.73 Å². The standard InChI is InChI=1S/C21H17F4N3O2/c1-11(12-8-13(21(23,24)25)10-14(26)9-12)19-15(20(27)30)6-7-18(29)28(19)17-5-3-2-4-16(17)22/h2-11H,26H2,1H3,(H2,27,30). The van der Waals surface area contributed by atoms with Gasteiger partial charge in [0.1, 0.15) is 5.82 Å². The Labute approximate surface area is 168 Å². The normalized spacial score (nSPS) is 12.6. The molecule has 1 aromatic heterocycles. The number of amides is 1. The molecule has 0 aliphatic heterocycles. The van der Waals surface area contributed by atoms with Crippen molar-refractivity contribution in [2.75, 3.05) is 5.73 Å². The maximum Gasteiger partial charge on any atom is 0.416 e. The highest BCUT2D eigenvalue weighted by Gasteiger charge is 2.32. The molecule has 0 aliphatic carbocycles. The molecule has 1 atom stereocenters. The van der Waals surface area contributed by atoms with E-state index < -0.39 is 34.9 Å². The summed E-state index contributed by atoms with van der Waals surface area (Å²) < 4.78 is 55.2. The van der Waals surface area contributed by atoms with E-state index in [1.807, 2.05) is 0 Å². The summed E-state index contributed by atoms with van der Waals surface area (Å²) >= 11 is 0. The zero-order chi connectivity index (χ0) is 22.2. The molecular formula is C21H17F4N3O2. The van der Waals surface area contributed by atoms with Gasteiger partial charge in [-0.3, -0.25) is 14.2 Å². The van der Waals surface area contributed by atoms with Crippen molar-refractivity contribution in [2.45, 2.75) is 19.0 Å². The summed E-state index contributed by atoms with van der Waals surface area (Å²) in [6.07, 6.45) is -4.65. The number of pyridine rings is 1. The zero-order valence-electron chi connectivity index (χ0n) is 15.7. The van der Waals surface area contributed by atoms with Crippen LogP contribution < -0.4 is 17.0 Å². The first-order chi connectivity index (χ1) is 14.0. The molecule has 3 aromatic rings. The van der Waals surface area contributed by atoms with Gasteiger partial charge in [-0.1, -0.05) is 19.1 Å². The van der Waals surface area contributed by atoms with Crippen molar-refractivity contribution in [1.29, 1.82) is 0 Å². The van der Waals surface area contributed by atoms with Gasteiger partial charge in [-0.25, -0.2) is 4.39 Å². The van der Waals surface area contributed by atoms with E-state index in [2.05, 4.69) is 0 Å². The van der Waals surface area contributed by atoms with Gasteiger partial charge in [0.05, 0.1) is 16.8 Å². The van der Waals surface area contributed by atoms with Crippen LogP contribution in [0, 0.1) is 5.82 Å². The van der Waals surface area contributed by atoms with Crippen LogP contribution in [0.4, 0.5) is 23.2 Å². The molecule has 5 nitrogen and oxygen atoms in total. The van der Waals surface area contributed by atoms with Gasteiger partial charge in [0, 0.05) is 23.4 Å². The van der Waals surface area contributed by atoms with Crippen molar-refractivity contribution in [1.82, 2.24) is 4.57 Å². The molecule has 1 heterocycles. The van der Waals surface area contributed by atoms with Gasteiger partial charge in [0.2, 0.25) is 0 Å². The Morgan fingerprint density at radius 2 is 1.73 bits per heavy atom. The third kappa shape index (κ3) is 3.91. The Morgan fingerprint density at radius 3 is 2.33 bits per heavy atom. The smallest absolute Gasteiger partial charge is 0.399 e. The number of carbonyl (C=O) groups excluding carboxylic acids is 1. The van der Waals surface area contributed by atoms with Gasteiger partial charge in [-0.05, 0) is 42.0 Å².